The summed E-state index contributed by atoms with van der Waals surface area (Å²) in [4.78, 5) is 5.00. The molecule has 0 amide bonds. The van der Waals surface area contributed by atoms with Gasteiger partial charge >= 0.3 is 0 Å². The molecular formula is C22H22N2. The monoisotopic (exact) mass is 314 g/mol. The highest BCUT2D eigenvalue weighted by Crippen LogP contribution is 2.28. The largest absolute Gasteiger partial charge is 0.314 e. The Morgan fingerprint density at radius 3 is 2.58 bits per heavy atom. The van der Waals surface area contributed by atoms with Crippen molar-refractivity contribution in [1.29, 1.82) is 0 Å². The van der Waals surface area contributed by atoms with Crippen LogP contribution in [-0.4, -0.2) is 10.3 Å². The predicted octanol–water partition coefficient (Wildman–Crippen LogP) is 5.01. The zero-order valence-corrected chi connectivity index (χ0v) is 14.5. The molecule has 1 aliphatic rings. The molecule has 2 nitrogen and oxygen atoms in total. The first-order chi connectivity index (χ1) is 11.7. The quantitative estimate of drug-likeness (QED) is 0.633. The Bertz CT molecular complexity index is 927. The molecule has 4 rings (SSSR count). The summed E-state index contributed by atoms with van der Waals surface area (Å²) in [6.07, 6.45) is 3.28. The first-order valence-electron chi connectivity index (χ1n) is 8.59. The maximum atomic E-state index is 5.00. The van der Waals surface area contributed by atoms with Gasteiger partial charge in [0.1, 0.15) is 0 Å². The van der Waals surface area contributed by atoms with Gasteiger partial charge in [0.05, 0.1) is 23.6 Å². The molecule has 1 aliphatic heterocycles. The molecular weight excluding hydrogens is 292 g/mol. The topological polar surface area (TPSA) is 17.3 Å². The Labute approximate surface area is 143 Å². The molecule has 0 aliphatic carbocycles. The fourth-order valence-corrected chi connectivity index (χ4v) is 3.47. The molecule has 0 saturated heterocycles. The maximum Gasteiger partial charge on any atom is 0.0891 e. The SMILES string of the molecule is CCc1ccc(C2=NCc3c(C)cccc3-n3cc(C)cc32)cc1. The van der Waals surface area contributed by atoms with E-state index in [0.29, 0.717) is 0 Å². The van der Waals surface area contributed by atoms with Gasteiger partial charge < -0.3 is 4.57 Å². The zero-order valence-electron chi connectivity index (χ0n) is 14.5. The highest BCUT2D eigenvalue weighted by Gasteiger charge is 2.20. The summed E-state index contributed by atoms with van der Waals surface area (Å²) in [5, 5.41) is 0. The fraction of sp³-hybridized carbons (Fsp3) is 0.227. The third kappa shape index (κ3) is 2.39. The number of aliphatic imine (C=N–C) groups is 1. The summed E-state index contributed by atoms with van der Waals surface area (Å²) in [6, 6.07) is 17.6. The van der Waals surface area contributed by atoms with Gasteiger partial charge in [0.2, 0.25) is 0 Å². The van der Waals surface area contributed by atoms with Crippen LogP contribution in [-0.2, 0) is 13.0 Å². The van der Waals surface area contributed by atoms with Gasteiger partial charge in [-0.05, 0) is 49.1 Å². The van der Waals surface area contributed by atoms with Gasteiger partial charge in [-0.15, -0.1) is 0 Å². The minimum absolute atomic E-state index is 0.730. The number of rotatable bonds is 2. The lowest BCUT2D eigenvalue weighted by molar-refractivity contribution is 1.00. The van der Waals surface area contributed by atoms with E-state index in [1.807, 2.05) is 0 Å². The summed E-state index contributed by atoms with van der Waals surface area (Å²) in [6.45, 7) is 7.24. The second kappa shape index (κ2) is 5.79. The number of benzene rings is 2. The van der Waals surface area contributed by atoms with E-state index in [1.165, 1.54) is 39.2 Å². The van der Waals surface area contributed by atoms with Crippen LogP contribution in [0.2, 0.25) is 0 Å². The molecule has 120 valence electrons. The molecule has 1 aromatic heterocycles. The number of hydrogen-bond acceptors (Lipinski definition) is 1. The normalized spacial score (nSPS) is 13.0. The first kappa shape index (κ1) is 14.9. The Kier molecular flexibility index (Phi) is 3.61. The van der Waals surface area contributed by atoms with E-state index in [0.717, 1.165) is 18.7 Å². The second-order valence-corrected chi connectivity index (χ2v) is 6.56. The van der Waals surface area contributed by atoms with Crippen molar-refractivity contribution in [3.05, 3.63) is 88.2 Å². The van der Waals surface area contributed by atoms with Crippen LogP contribution >= 0.6 is 0 Å². The Morgan fingerprint density at radius 1 is 1.04 bits per heavy atom. The number of aromatic nitrogens is 1. The third-order valence-corrected chi connectivity index (χ3v) is 4.88. The summed E-state index contributed by atoms with van der Waals surface area (Å²) in [5.41, 5.74) is 9.95. The van der Waals surface area contributed by atoms with Gasteiger partial charge in [0.15, 0.2) is 0 Å². The molecule has 2 heterocycles. The van der Waals surface area contributed by atoms with E-state index in [9.17, 15) is 0 Å². The minimum atomic E-state index is 0.730. The smallest absolute Gasteiger partial charge is 0.0891 e. The van der Waals surface area contributed by atoms with Crippen molar-refractivity contribution < 1.29 is 0 Å². The molecule has 0 saturated carbocycles. The summed E-state index contributed by atoms with van der Waals surface area (Å²) in [7, 11) is 0. The van der Waals surface area contributed by atoms with Crippen LogP contribution in [0.1, 0.15) is 40.4 Å². The van der Waals surface area contributed by atoms with Crippen molar-refractivity contribution in [3.63, 3.8) is 0 Å². The molecule has 0 unspecified atom stereocenters. The van der Waals surface area contributed by atoms with Crippen molar-refractivity contribution in [2.24, 2.45) is 4.99 Å². The van der Waals surface area contributed by atoms with E-state index in [4.69, 9.17) is 4.99 Å². The second-order valence-electron chi connectivity index (χ2n) is 6.56. The molecule has 2 aromatic carbocycles. The molecule has 2 heteroatoms. The molecule has 3 aromatic rings. The van der Waals surface area contributed by atoms with Gasteiger partial charge in [-0.3, -0.25) is 4.99 Å². The van der Waals surface area contributed by atoms with Crippen LogP contribution in [0.15, 0.2) is 59.7 Å². The minimum Gasteiger partial charge on any atom is -0.314 e. The van der Waals surface area contributed by atoms with E-state index in [-0.39, 0.29) is 0 Å². The Morgan fingerprint density at radius 2 is 1.83 bits per heavy atom. The molecule has 0 N–H and O–H groups in total. The van der Waals surface area contributed by atoms with Crippen molar-refractivity contribution in [2.75, 3.05) is 0 Å². The van der Waals surface area contributed by atoms with Gasteiger partial charge in [-0.2, -0.15) is 0 Å². The van der Waals surface area contributed by atoms with Gasteiger partial charge in [0.25, 0.3) is 0 Å². The molecule has 0 radical (unpaired) electrons. The lowest BCUT2D eigenvalue weighted by atomic mass is 10.0. The molecule has 24 heavy (non-hydrogen) atoms. The van der Waals surface area contributed by atoms with Crippen LogP contribution < -0.4 is 0 Å². The zero-order chi connectivity index (χ0) is 16.7. The van der Waals surface area contributed by atoms with Crippen LogP contribution in [0.25, 0.3) is 5.69 Å². The lowest BCUT2D eigenvalue weighted by Crippen LogP contribution is -2.08. The molecule has 0 fully saturated rings. The molecule has 0 spiro atoms. The third-order valence-electron chi connectivity index (χ3n) is 4.88. The number of fused-ring (bicyclic) bond motifs is 3. The first-order valence-corrected chi connectivity index (χ1v) is 8.59. The average Bonchev–Trinajstić information content (AvgIpc) is 2.91. The average molecular weight is 314 g/mol. The van der Waals surface area contributed by atoms with Gasteiger partial charge in [-0.25, -0.2) is 0 Å². The molecule has 0 atom stereocenters. The van der Waals surface area contributed by atoms with Crippen LogP contribution in [0, 0.1) is 13.8 Å². The fourth-order valence-electron chi connectivity index (χ4n) is 3.47. The standard InChI is InChI=1S/C22H22N2/c1-4-17-8-10-18(11-9-17)22-21-12-15(2)14-24(21)20-7-5-6-16(3)19(20)13-23-22/h5-12,14H,4,13H2,1-3H3. The Balaban J connectivity index is 1.92. The van der Waals surface area contributed by atoms with Crippen LogP contribution in [0.5, 0.6) is 0 Å². The van der Waals surface area contributed by atoms with E-state index in [2.05, 4.69) is 80.1 Å². The maximum absolute atomic E-state index is 5.00. The Hall–Kier alpha value is -2.61. The highest BCUT2D eigenvalue weighted by atomic mass is 15.0. The van der Waals surface area contributed by atoms with E-state index in [1.54, 1.807) is 0 Å². The highest BCUT2D eigenvalue weighted by molar-refractivity contribution is 6.12. The van der Waals surface area contributed by atoms with Crippen LogP contribution in [0.4, 0.5) is 0 Å². The van der Waals surface area contributed by atoms with Crippen LogP contribution in [0.3, 0.4) is 0 Å². The van der Waals surface area contributed by atoms with E-state index >= 15 is 0 Å². The van der Waals surface area contributed by atoms with Gasteiger partial charge in [-0.1, -0.05) is 43.3 Å². The summed E-state index contributed by atoms with van der Waals surface area (Å²) < 4.78 is 2.30. The summed E-state index contributed by atoms with van der Waals surface area (Å²) in [5.74, 6) is 0. The van der Waals surface area contributed by atoms with Crippen molar-refractivity contribution in [3.8, 4) is 5.69 Å². The van der Waals surface area contributed by atoms with E-state index < -0.39 is 0 Å². The predicted molar refractivity (Wildman–Crippen MR) is 100 cm³/mol. The van der Waals surface area contributed by atoms with Crippen molar-refractivity contribution in [2.45, 2.75) is 33.7 Å². The number of hydrogen-bond donors (Lipinski definition) is 0. The number of nitrogens with zero attached hydrogens (tertiary/aromatic N) is 2. The molecule has 0 bridgehead atoms. The number of aryl methyl sites for hydroxylation is 3. The lowest BCUT2D eigenvalue weighted by Gasteiger charge is -2.12. The summed E-state index contributed by atoms with van der Waals surface area (Å²) >= 11 is 0. The van der Waals surface area contributed by atoms with Crippen molar-refractivity contribution >= 4 is 5.71 Å². The van der Waals surface area contributed by atoms with Gasteiger partial charge in [0, 0.05) is 17.3 Å². The van der Waals surface area contributed by atoms with Crippen molar-refractivity contribution in [1.82, 2.24) is 4.57 Å².